The minimum absolute atomic E-state index is 0.0127. The first-order chi connectivity index (χ1) is 9.79. The lowest BCUT2D eigenvalue weighted by Gasteiger charge is -2.27. The van der Waals surface area contributed by atoms with Gasteiger partial charge in [-0.25, -0.2) is 0 Å². The topological polar surface area (TPSA) is 54.7 Å². The number of amides is 1. The summed E-state index contributed by atoms with van der Waals surface area (Å²) in [4.78, 5) is 14.1. The van der Waals surface area contributed by atoms with Crippen molar-refractivity contribution < 1.29 is 14.6 Å². The Kier molecular flexibility index (Phi) is 3.71. The molecule has 0 spiro atoms. The van der Waals surface area contributed by atoms with Gasteiger partial charge < -0.3 is 19.3 Å². The maximum absolute atomic E-state index is 12.3. The number of carbonyl (C=O) groups excluding carboxylic acids is 1. The molecule has 1 amide bonds. The standard InChI is InChI=1S/C15H18N2O3/c18-11-12-2-1-3-14-13(12)4-5-17(14)10-15(19)16-6-8-20-9-7-16/h1-5,18H,6-11H2. The summed E-state index contributed by atoms with van der Waals surface area (Å²) in [6.07, 6.45) is 1.90. The van der Waals surface area contributed by atoms with Crippen LogP contribution in [0, 0.1) is 0 Å². The largest absolute Gasteiger partial charge is 0.392 e. The van der Waals surface area contributed by atoms with E-state index in [1.165, 1.54) is 0 Å². The Hall–Kier alpha value is -1.85. The number of aliphatic hydroxyl groups excluding tert-OH is 1. The maximum Gasteiger partial charge on any atom is 0.242 e. The van der Waals surface area contributed by atoms with Gasteiger partial charge in [0.15, 0.2) is 0 Å². The van der Waals surface area contributed by atoms with Crippen molar-refractivity contribution >= 4 is 16.8 Å². The zero-order chi connectivity index (χ0) is 13.9. The monoisotopic (exact) mass is 274 g/mol. The highest BCUT2D eigenvalue weighted by atomic mass is 16.5. The predicted molar refractivity (Wildman–Crippen MR) is 75.3 cm³/mol. The highest BCUT2D eigenvalue weighted by molar-refractivity contribution is 5.85. The predicted octanol–water partition coefficient (Wildman–Crippen LogP) is 0.992. The number of rotatable bonds is 3. The van der Waals surface area contributed by atoms with E-state index >= 15 is 0 Å². The number of aromatic nitrogens is 1. The number of fused-ring (bicyclic) bond motifs is 1. The number of benzene rings is 1. The van der Waals surface area contributed by atoms with Gasteiger partial charge in [-0.05, 0) is 17.7 Å². The van der Waals surface area contributed by atoms with Crippen molar-refractivity contribution in [3.05, 3.63) is 36.0 Å². The Bertz CT molecular complexity index is 615. The smallest absolute Gasteiger partial charge is 0.242 e. The molecule has 0 aliphatic carbocycles. The molecule has 0 radical (unpaired) electrons. The zero-order valence-corrected chi connectivity index (χ0v) is 11.3. The summed E-state index contributed by atoms with van der Waals surface area (Å²) in [7, 11) is 0. The fourth-order valence-electron chi connectivity index (χ4n) is 2.62. The molecule has 1 fully saturated rings. The van der Waals surface area contributed by atoms with E-state index in [0.29, 0.717) is 32.8 Å². The second-order valence-electron chi connectivity index (χ2n) is 4.94. The molecule has 1 aliphatic rings. The number of hydrogen-bond acceptors (Lipinski definition) is 3. The van der Waals surface area contributed by atoms with Crippen LogP contribution in [0.5, 0.6) is 0 Å². The van der Waals surface area contributed by atoms with E-state index in [0.717, 1.165) is 16.5 Å². The quantitative estimate of drug-likeness (QED) is 0.908. The van der Waals surface area contributed by atoms with Gasteiger partial charge in [-0.15, -0.1) is 0 Å². The molecule has 2 heterocycles. The molecule has 20 heavy (non-hydrogen) atoms. The molecule has 106 valence electrons. The summed E-state index contributed by atoms with van der Waals surface area (Å²) in [6.45, 7) is 2.91. The lowest BCUT2D eigenvalue weighted by molar-refractivity contribution is -0.135. The van der Waals surface area contributed by atoms with Crippen molar-refractivity contribution in [2.45, 2.75) is 13.2 Å². The van der Waals surface area contributed by atoms with Crippen LogP contribution in [0.25, 0.3) is 10.9 Å². The van der Waals surface area contributed by atoms with E-state index in [9.17, 15) is 9.90 Å². The van der Waals surface area contributed by atoms with Crippen molar-refractivity contribution in [2.75, 3.05) is 26.3 Å². The second kappa shape index (κ2) is 5.64. The fraction of sp³-hybridized carbons (Fsp3) is 0.400. The van der Waals surface area contributed by atoms with Gasteiger partial charge >= 0.3 is 0 Å². The molecule has 0 saturated carbocycles. The molecule has 0 atom stereocenters. The summed E-state index contributed by atoms with van der Waals surface area (Å²) in [5.41, 5.74) is 1.87. The summed E-state index contributed by atoms with van der Waals surface area (Å²) < 4.78 is 7.19. The van der Waals surface area contributed by atoms with E-state index < -0.39 is 0 Å². The average molecular weight is 274 g/mol. The summed E-state index contributed by atoms with van der Waals surface area (Å²) in [5, 5.41) is 10.3. The first-order valence-electron chi connectivity index (χ1n) is 6.82. The fourth-order valence-corrected chi connectivity index (χ4v) is 2.62. The number of carbonyl (C=O) groups is 1. The highest BCUT2D eigenvalue weighted by Gasteiger charge is 2.17. The van der Waals surface area contributed by atoms with Gasteiger partial charge in [0.2, 0.25) is 5.91 Å². The van der Waals surface area contributed by atoms with Gasteiger partial charge in [0, 0.05) is 30.2 Å². The molecule has 1 aromatic heterocycles. The van der Waals surface area contributed by atoms with Crippen LogP contribution in [0.4, 0.5) is 0 Å². The van der Waals surface area contributed by atoms with E-state index in [2.05, 4.69) is 0 Å². The molecule has 1 saturated heterocycles. The highest BCUT2D eigenvalue weighted by Crippen LogP contribution is 2.20. The molecular weight excluding hydrogens is 256 g/mol. The number of aliphatic hydroxyl groups is 1. The number of morpholine rings is 1. The van der Waals surface area contributed by atoms with E-state index in [-0.39, 0.29) is 12.5 Å². The summed E-state index contributed by atoms with van der Waals surface area (Å²) >= 11 is 0. The molecule has 1 aromatic carbocycles. The Morgan fingerprint density at radius 1 is 1.25 bits per heavy atom. The van der Waals surface area contributed by atoms with E-state index in [1.807, 2.05) is 39.9 Å². The van der Waals surface area contributed by atoms with Crippen LogP contribution in [0.2, 0.25) is 0 Å². The van der Waals surface area contributed by atoms with E-state index in [4.69, 9.17) is 4.74 Å². The normalized spacial score (nSPS) is 15.8. The Morgan fingerprint density at radius 2 is 2.05 bits per heavy atom. The third kappa shape index (κ3) is 2.42. The van der Waals surface area contributed by atoms with Gasteiger partial charge in [0.05, 0.1) is 19.8 Å². The Morgan fingerprint density at radius 3 is 2.80 bits per heavy atom. The number of nitrogens with zero attached hydrogens (tertiary/aromatic N) is 2. The third-order valence-electron chi connectivity index (χ3n) is 3.74. The molecule has 5 nitrogen and oxygen atoms in total. The Balaban J connectivity index is 1.82. The molecule has 1 aliphatic heterocycles. The van der Waals surface area contributed by atoms with Crippen molar-refractivity contribution in [1.29, 1.82) is 0 Å². The van der Waals surface area contributed by atoms with Crippen molar-refractivity contribution in [3.63, 3.8) is 0 Å². The minimum Gasteiger partial charge on any atom is -0.392 e. The first kappa shape index (κ1) is 13.1. The lowest BCUT2D eigenvalue weighted by Crippen LogP contribution is -2.42. The van der Waals surface area contributed by atoms with Gasteiger partial charge in [0.25, 0.3) is 0 Å². The van der Waals surface area contributed by atoms with Crippen molar-refractivity contribution in [3.8, 4) is 0 Å². The second-order valence-corrected chi connectivity index (χ2v) is 4.94. The van der Waals surface area contributed by atoms with Crippen LogP contribution in [0.3, 0.4) is 0 Å². The SMILES string of the molecule is O=C(Cn1ccc2c(CO)cccc21)N1CCOCC1. The Labute approximate surface area is 117 Å². The van der Waals surface area contributed by atoms with Crippen LogP contribution >= 0.6 is 0 Å². The zero-order valence-electron chi connectivity index (χ0n) is 11.3. The summed E-state index contributed by atoms with van der Waals surface area (Å²) in [6, 6.07) is 7.73. The third-order valence-corrected chi connectivity index (χ3v) is 3.74. The van der Waals surface area contributed by atoms with Gasteiger partial charge in [-0.1, -0.05) is 12.1 Å². The molecule has 0 bridgehead atoms. The molecule has 2 aromatic rings. The van der Waals surface area contributed by atoms with Gasteiger partial charge in [0.1, 0.15) is 6.54 Å². The van der Waals surface area contributed by atoms with Crippen LogP contribution < -0.4 is 0 Å². The van der Waals surface area contributed by atoms with Crippen molar-refractivity contribution in [2.24, 2.45) is 0 Å². The molecular formula is C15H18N2O3. The van der Waals surface area contributed by atoms with Gasteiger partial charge in [-0.2, -0.15) is 0 Å². The van der Waals surface area contributed by atoms with Crippen LogP contribution in [-0.2, 0) is 22.7 Å². The number of ether oxygens (including phenoxy) is 1. The summed E-state index contributed by atoms with van der Waals surface area (Å²) in [5.74, 6) is 0.111. The van der Waals surface area contributed by atoms with E-state index in [1.54, 1.807) is 0 Å². The maximum atomic E-state index is 12.3. The molecule has 0 unspecified atom stereocenters. The van der Waals surface area contributed by atoms with Crippen molar-refractivity contribution in [1.82, 2.24) is 9.47 Å². The van der Waals surface area contributed by atoms with Gasteiger partial charge in [-0.3, -0.25) is 4.79 Å². The lowest BCUT2D eigenvalue weighted by atomic mass is 10.1. The minimum atomic E-state index is 0.0127. The van der Waals surface area contributed by atoms with Crippen LogP contribution in [0.1, 0.15) is 5.56 Å². The van der Waals surface area contributed by atoms with Crippen LogP contribution in [-0.4, -0.2) is 46.8 Å². The molecule has 3 rings (SSSR count). The average Bonchev–Trinajstić information content (AvgIpc) is 2.91. The number of hydrogen-bond donors (Lipinski definition) is 1. The van der Waals surface area contributed by atoms with Crippen LogP contribution in [0.15, 0.2) is 30.5 Å². The first-order valence-corrected chi connectivity index (χ1v) is 6.82. The molecule has 5 heteroatoms. The molecule has 1 N–H and O–H groups in total.